The smallest absolute Gasteiger partial charge is 0.259 e. The topological polar surface area (TPSA) is 110 Å². The highest BCUT2D eigenvalue weighted by molar-refractivity contribution is 6.10. The van der Waals surface area contributed by atoms with Gasteiger partial charge in [-0.3, -0.25) is 9.59 Å². The SMILES string of the molecule is COc1ccc(C(=O)Nc2cccc3c(=O)n(C(CO)CO)ccc23)c(OC)c1. The highest BCUT2D eigenvalue weighted by atomic mass is 16.5. The number of amides is 1. The Hall–Kier alpha value is -3.36. The number of pyridine rings is 1. The Labute approximate surface area is 166 Å². The van der Waals surface area contributed by atoms with Crippen LogP contribution in [0.1, 0.15) is 16.4 Å². The van der Waals surface area contributed by atoms with Crippen molar-refractivity contribution in [1.29, 1.82) is 0 Å². The quantitative estimate of drug-likeness (QED) is 0.560. The molecule has 0 atom stereocenters. The van der Waals surface area contributed by atoms with E-state index >= 15 is 0 Å². The molecule has 8 heteroatoms. The van der Waals surface area contributed by atoms with Crippen molar-refractivity contribution in [2.24, 2.45) is 0 Å². The predicted molar refractivity (Wildman–Crippen MR) is 109 cm³/mol. The average molecular weight is 398 g/mol. The number of ether oxygens (including phenoxy) is 2. The molecule has 2 aromatic carbocycles. The van der Waals surface area contributed by atoms with Crippen molar-refractivity contribution >= 4 is 22.4 Å². The number of hydrogen-bond donors (Lipinski definition) is 3. The van der Waals surface area contributed by atoms with Crippen LogP contribution in [0.2, 0.25) is 0 Å². The number of aromatic nitrogens is 1. The number of hydrogen-bond acceptors (Lipinski definition) is 6. The molecule has 3 N–H and O–H groups in total. The number of methoxy groups -OCH3 is 2. The summed E-state index contributed by atoms with van der Waals surface area (Å²) >= 11 is 0. The first-order chi connectivity index (χ1) is 14.0. The summed E-state index contributed by atoms with van der Waals surface area (Å²) in [4.78, 5) is 25.6. The van der Waals surface area contributed by atoms with Gasteiger partial charge in [-0.2, -0.15) is 0 Å². The van der Waals surface area contributed by atoms with E-state index in [2.05, 4.69) is 5.32 Å². The third-order valence-corrected chi connectivity index (χ3v) is 4.69. The standard InChI is InChI=1S/C21H22N2O6/c1-28-14-6-7-17(19(10-14)29-2)20(26)22-18-5-3-4-16-15(18)8-9-23(21(16)27)13(11-24)12-25/h3-10,13,24-25H,11-12H2,1-2H3,(H,22,26). The van der Waals surface area contributed by atoms with Crippen molar-refractivity contribution in [3.8, 4) is 11.5 Å². The Morgan fingerprint density at radius 3 is 2.48 bits per heavy atom. The number of carbonyl (C=O) groups excluding carboxylic acids is 1. The highest BCUT2D eigenvalue weighted by Crippen LogP contribution is 2.27. The third-order valence-electron chi connectivity index (χ3n) is 4.69. The van der Waals surface area contributed by atoms with E-state index in [0.29, 0.717) is 33.5 Å². The summed E-state index contributed by atoms with van der Waals surface area (Å²) in [5.41, 5.74) is 0.409. The average Bonchev–Trinajstić information content (AvgIpc) is 2.75. The molecule has 0 spiro atoms. The van der Waals surface area contributed by atoms with E-state index in [4.69, 9.17) is 9.47 Å². The molecule has 0 saturated heterocycles. The first-order valence-corrected chi connectivity index (χ1v) is 8.93. The molecule has 152 valence electrons. The maximum absolute atomic E-state index is 12.8. The van der Waals surface area contributed by atoms with E-state index in [1.54, 1.807) is 42.5 Å². The van der Waals surface area contributed by atoms with Crippen LogP contribution in [0, 0.1) is 0 Å². The second-order valence-corrected chi connectivity index (χ2v) is 6.33. The van der Waals surface area contributed by atoms with Gasteiger partial charge in [0.2, 0.25) is 0 Å². The Morgan fingerprint density at radius 1 is 1.07 bits per heavy atom. The highest BCUT2D eigenvalue weighted by Gasteiger charge is 2.17. The normalized spacial score (nSPS) is 10.9. The van der Waals surface area contributed by atoms with E-state index in [1.165, 1.54) is 25.0 Å². The van der Waals surface area contributed by atoms with Gasteiger partial charge in [0, 0.05) is 28.7 Å². The molecule has 8 nitrogen and oxygen atoms in total. The lowest BCUT2D eigenvalue weighted by atomic mass is 10.1. The second-order valence-electron chi connectivity index (χ2n) is 6.33. The summed E-state index contributed by atoms with van der Waals surface area (Å²) in [5.74, 6) is 0.523. The van der Waals surface area contributed by atoms with Crippen LogP contribution < -0.4 is 20.3 Å². The molecule has 0 aliphatic carbocycles. The first kappa shape index (κ1) is 20.4. The minimum absolute atomic E-state index is 0.319. The number of fused-ring (bicyclic) bond motifs is 1. The summed E-state index contributed by atoms with van der Waals surface area (Å²) < 4.78 is 11.7. The number of nitrogens with zero attached hydrogens (tertiary/aromatic N) is 1. The first-order valence-electron chi connectivity index (χ1n) is 8.93. The molecule has 0 aliphatic heterocycles. The number of rotatable bonds is 7. The van der Waals surface area contributed by atoms with Crippen LogP contribution in [-0.2, 0) is 0 Å². The molecule has 0 fully saturated rings. The zero-order valence-electron chi connectivity index (χ0n) is 16.1. The van der Waals surface area contributed by atoms with Crippen molar-refractivity contribution < 1.29 is 24.5 Å². The zero-order valence-corrected chi connectivity index (χ0v) is 16.1. The molecule has 3 rings (SSSR count). The van der Waals surface area contributed by atoms with Gasteiger partial charge >= 0.3 is 0 Å². The van der Waals surface area contributed by atoms with Gasteiger partial charge in [0.25, 0.3) is 11.5 Å². The molecule has 0 radical (unpaired) electrons. The summed E-state index contributed by atoms with van der Waals surface area (Å²) in [6.07, 6.45) is 1.49. The Bertz CT molecular complexity index is 1090. The van der Waals surface area contributed by atoms with Gasteiger partial charge in [0.1, 0.15) is 11.5 Å². The number of aliphatic hydroxyl groups is 2. The largest absolute Gasteiger partial charge is 0.497 e. The lowest BCUT2D eigenvalue weighted by Crippen LogP contribution is -2.28. The number of nitrogens with one attached hydrogen (secondary N) is 1. The fourth-order valence-corrected chi connectivity index (χ4v) is 3.10. The van der Waals surface area contributed by atoms with Crippen LogP contribution in [0.5, 0.6) is 11.5 Å². The van der Waals surface area contributed by atoms with Crippen LogP contribution in [-0.4, -0.2) is 48.1 Å². The number of benzene rings is 2. The van der Waals surface area contributed by atoms with E-state index in [9.17, 15) is 19.8 Å². The van der Waals surface area contributed by atoms with Crippen LogP contribution in [0.25, 0.3) is 10.8 Å². The third kappa shape index (κ3) is 3.94. The molecule has 0 unspecified atom stereocenters. The molecular formula is C21H22N2O6. The lowest BCUT2D eigenvalue weighted by Gasteiger charge is -2.16. The molecule has 0 bridgehead atoms. The van der Waals surface area contributed by atoms with Gasteiger partial charge in [-0.15, -0.1) is 0 Å². The second kappa shape index (κ2) is 8.76. The van der Waals surface area contributed by atoms with Crippen molar-refractivity contribution in [1.82, 2.24) is 4.57 Å². The van der Waals surface area contributed by atoms with Gasteiger partial charge < -0.3 is 29.6 Å². The minimum Gasteiger partial charge on any atom is -0.497 e. The molecule has 0 saturated carbocycles. The van der Waals surface area contributed by atoms with Gasteiger partial charge in [0.05, 0.1) is 39.0 Å². The van der Waals surface area contributed by atoms with Crippen LogP contribution in [0.15, 0.2) is 53.5 Å². The fourth-order valence-electron chi connectivity index (χ4n) is 3.10. The van der Waals surface area contributed by atoms with Gasteiger partial charge in [-0.1, -0.05) is 6.07 Å². The summed E-state index contributed by atoms with van der Waals surface area (Å²) in [6.45, 7) is -0.731. The summed E-state index contributed by atoms with van der Waals surface area (Å²) in [6, 6.07) is 10.8. The van der Waals surface area contributed by atoms with Crippen LogP contribution in [0.4, 0.5) is 5.69 Å². The van der Waals surface area contributed by atoms with Gasteiger partial charge in [0.15, 0.2) is 0 Å². The van der Waals surface area contributed by atoms with E-state index < -0.39 is 11.9 Å². The summed E-state index contributed by atoms with van der Waals surface area (Å²) in [5, 5.41) is 22.4. The van der Waals surface area contributed by atoms with Crippen LogP contribution in [0.3, 0.4) is 0 Å². The van der Waals surface area contributed by atoms with Gasteiger partial charge in [-0.05, 0) is 30.3 Å². The minimum atomic E-state index is -0.728. The van der Waals surface area contributed by atoms with Gasteiger partial charge in [-0.25, -0.2) is 0 Å². The van der Waals surface area contributed by atoms with Crippen LogP contribution >= 0.6 is 0 Å². The monoisotopic (exact) mass is 398 g/mol. The Balaban J connectivity index is 2.00. The molecular weight excluding hydrogens is 376 g/mol. The Kier molecular flexibility index (Phi) is 6.16. The van der Waals surface area contributed by atoms with Crippen molar-refractivity contribution in [3.63, 3.8) is 0 Å². The molecule has 1 amide bonds. The fraction of sp³-hybridized carbons (Fsp3) is 0.238. The number of aliphatic hydroxyl groups excluding tert-OH is 2. The maximum atomic E-state index is 12.8. The Morgan fingerprint density at radius 2 is 1.83 bits per heavy atom. The zero-order chi connectivity index (χ0) is 21.0. The van der Waals surface area contributed by atoms with Crippen molar-refractivity contribution in [2.75, 3.05) is 32.8 Å². The molecule has 1 aromatic heterocycles. The number of anilines is 1. The molecule has 1 heterocycles. The number of carbonyl (C=O) groups is 1. The molecule has 0 aliphatic rings. The van der Waals surface area contributed by atoms with Crippen molar-refractivity contribution in [2.45, 2.75) is 6.04 Å². The van der Waals surface area contributed by atoms with E-state index in [-0.39, 0.29) is 18.8 Å². The van der Waals surface area contributed by atoms with E-state index in [0.717, 1.165) is 0 Å². The lowest BCUT2D eigenvalue weighted by molar-refractivity contribution is 0.102. The molecule has 3 aromatic rings. The maximum Gasteiger partial charge on any atom is 0.259 e. The van der Waals surface area contributed by atoms with Crippen molar-refractivity contribution in [3.05, 3.63) is 64.6 Å². The predicted octanol–water partition coefficient (Wildman–Crippen LogP) is 1.80. The van der Waals surface area contributed by atoms with E-state index in [1.807, 2.05) is 0 Å². The summed E-state index contributed by atoms with van der Waals surface area (Å²) in [7, 11) is 2.99. The molecule has 29 heavy (non-hydrogen) atoms.